The third kappa shape index (κ3) is 7.82. The molecule has 68 heavy (non-hydrogen) atoms. The molecule has 0 saturated heterocycles. The second kappa shape index (κ2) is 17.7. The first-order valence-corrected chi connectivity index (χ1v) is 23.1. The van der Waals surface area contributed by atoms with Crippen LogP contribution in [0.2, 0.25) is 0 Å². The fourth-order valence-electron chi connectivity index (χ4n) is 9.52. The van der Waals surface area contributed by atoms with Crippen molar-refractivity contribution in [1.29, 1.82) is 0 Å². The molecular formula is C65H44N2O. The van der Waals surface area contributed by atoms with E-state index < -0.39 is 0 Å². The van der Waals surface area contributed by atoms with Gasteiger partial charge in [-0.05, 0) is 121 Å². The van der Waals surface area contributed by atoms with Crippen LogP contribution in [0.5, 0.6) is 0 Å². The van der Waals surface area contributed by atoms with Crippen molar-refractivity contribution in [3.8, 4) is 78.2 Å². The number of fused-ring (bicyclic) bond motifs is 3. The Bertz CT molecular complexity index is 3710. The molecule has 0 atom stereocenters. The van der Waals surface area contributed by atoms with Crippen LogP contribution in [0.25, 0.3) is 100 Å². The highest BCUT2D eigenvalue weighted by Gasteiger charge is 2.20. The molecule has 0 amide bonds. The number of rotatable bonds is 10. The predicted octanol–water partition coefficient (Wildman–Crippen LogP) is 18.1. The molecule has 1 heterocycles. The molecule has 12 aromatic rings. The van der Waals surface area contributed by atoms with E-state index in [9.17, 15) is 0 Å². The average Bonchev–Trinajstić information content (AvgIpc) is 3.87. The third-order valence-electron chi connectivity index (χ3n) is 12.9. The summed E-state index contributed by atoms with van der Waals surface area (Å²) >= 11 is 0. The third-order valence-corrected chi connectivity index (χ3v) is 12.9. The molecule has 0 bridgehead atoms. The zero-order valence-electron chi connectivity index (χ0n) is 37.2. The van der Waals surface area contributed by atoms with Gasteiger partial charge in [-0.1, -0.05) is 212 Å². The topological polar surface area (TPSA) is 29.3 Å². The minimum absolute atomic E-state index is 0.606. The molecule has 0 fully saturated rings. The van der Waals surface area contributed by atoms with Gasteiger partial charge in [0.25, 0.3) is 0 Å². The van der Waals surface area contributed by atoms with Crippen LogP contribution in [0.4, 0.5) is 17.1 Å². The Kier molecular flexibility index (Phi) is 10.6. The minimum atomic E-state index is 0.606. The van der Waals surface area contributed by atoms with Crippen molar-refractivity contribution in [1.82, 2.24) is 4.98 Å². The number of benzene rings is 11. The van der Waals surface area contributed by atoms with Crippen molar-refractivity contribution < 1.29 is 4.42 Å². The van der Waals surface area contributed by atoms with Crippen molar-refractivity contribution in [3.05, 3.63) is 267 Å². The Morgan fingerprint density at radius 2 is 0.721 bits per heavy atom. The van der Waals surface area contributed by atoms with Gasteiger partial charge in [-0.25, -0.2) is 4.98 Å². The van der Waals surface area contributed by atoms with Gasteiger partial charge in [0.1, 0.15) is 5.52 Å². The molecular weight excluding hydrogens is 825 g/mol. The second-order valence-corrected chi connectivity index (χ2v) is 17.1. The lowest BCUT2D eigenvalue weighted by Crippen LogP contribution is -2.11. The largest absolute Gasteiger partial charge is 0.436 e. The van der Waals surface area contributed by atoms with Gasteiger partial charge in [0.2, 0.25) is 5.89 Å². The maximum Gasteiger partial charge on any atom is 0.227 e. The van der Waals surface area contributed by atoms with Crippen LogP contribution in [-0.2, 0) is 0 Å². The summed E-state index contributed by atoms with van der Waals surface area (Å²) in [6.45, 7) is 0. The Hall–Kier alpha value is -9.05. The normalized spacial score (nSPS) is 11.2. The Balaban J connectivity index is 0.955. The van der Waals surface area contributed by atoms with Crippen molar-refractivity contribution in [2.45, 2.75) is 0 Å². The standard InChI is InChI=1S/C65H44N2O/c1-4-16-45(17-5-1)48-32-34-50(35-33-48)54-24-14-28-58(44-54)67(57-27-13-23-53(43-57)47-20-8-3-9-21-47)61-31-11-10-29-59(61)55-25-12-26-56(42-55)60-30-15-22-51-40-41-62-64(63(51)60)66-65(68-62)52-38-36-49(37-39-52)46-18-6-2-7-19-46/h1-44H. The molecule has 0 radical (unpaired) electrons. The molecule has 320 valence electrons. The van der Waals surface area contributed by atoms with Crippen LogP contribution >= 0.6 is 0 Å². The van der Waals surface area contributed by atoms with Gasteiger partial charge in [0, 0.05) is 27.9 Å². The fraction of sp³-hybridized carbons (Fsp3) is 0. The summed E-state index contributed by atoms with van der Waals surface area (Å²) < 4.78 is 6.50. The molecule has 12 rings (SSSR count). The first-order valence-electron chi connectivity index (χ1n) is 23.1. The summed E-state index contributed by atoms with van der Waals surface area (Å²) in [5.41, 5.74) is 19.6. The van der Waals surface area contributed by atoms with Crippen molar-refractivity contribution in [2.24, 2.45) is 0 Å². The number of nitrogens with zero attached hydrogens (tertiary/aromatic N) is 2. The minimum Gasteiger partial charge on any atom is -0.436 e. The van der Waals surface area contributed by atoms with Gasteiger partial charge in [-0.2, -0.15) is 0 Å². The van der Waals surface area contributed by atoms with Crippen LogP contribution < -0.4 is 4.90 Å². The van der Waals surface area contributed by atoms with Crippen LogP contribution in [0, 0.1) is 0 Å². The highest BCUT2D eigenvalue weighted by Crippen LogP contribution is 2.44. The molecule has 0 saturated carbocycles. The van der Waals surface area contributed by atoms with E-state index in [1.165, 1.54) is 22.3 Å². The second-order valence-electron chi connectivity index (χ2n) is 17.1. The summed E-state index contributed by atoms with van der Waals surface area (Å²) in [7, 11) is 0. The van der Waals surface area contributed by atoms with Gasteiger partial charge in [-0.15, -0.1) is 0 Å². The quantitative estimate of drug-likeness (QED) is 0.137. The van der Waals surface area contributed by atoms with Gasteiger partial charge < -0.3 is 9.32 Å². The smallest absolute Gasteiger partial charge is 0.227 e. The van der Waals surface area contributed by atoms with Crippen LogP contribution in [0.15, 0.2) is 271 Å². The average molecular weight is 869 g/mol. The maximum absolute atomic E-state index is 6.50. The van der Waals surface area contributed by atoms with E-state index in [4.69, 9.17) is 9.40 Å². The summed E-state index contributed by atoms with van der Waals surface area (Å²) in [5, 5.41) is 2.18. The first kappa shape index (κ1) is 40.5. The molecule has 3 nitrogen and oxygen atoms in total. The SMILES string of the molecule is c1ccc(-c2ccc(-c3cccc(N(c4cccc(-c5ccccc5)c4)c4ccccc4-c4cccc(-c5cccc6ccc7oc(-c8ccc(-c9ccccc9)cc8)nc7c56)c4)c3)cc2)cc1. The lowest BCUT2D eigenvalue weighted by Gasteiger charge is -2.29. The molecule has 0 aliphatic carbocycles. The van der Waals surface area contributed by atoms with Gasteiger partial charge in [0.15, 0.2) is 5.58 Å². The maximum atomic E-state index is 6.50. The van der Waals surface area contributed by atoms with E-state index in [2.05, 4.69) is 260 Å². The monoisotopic (exact) mass is 868 g/mol. The summed E-state index contributed by atoms with van der Waals surface area (Å²) in [5.74, 6) is 0.606. The molecule has 0 aliphatic heterocycles. The van der Waals surface area contributed by atoms with E-state index in [0.29, 0.717) is 5.89 Å². The van der Waals surface area contributed by atoms with E-state index in [1.807, 2.05) is 12.1 Å². The predicted molar refractivity (Wildman–Crippen MR) is 284 cm³/mol. The van der Waals surface area contributed by atoms with E-state index >= 15 is 0 Å². The number of hydrogen-bond acceptors (Lipinski definition) is 3. The zero-order valence-corrected chi connectivity index (χ0v) is 37.2. The molecule has 1 aromatic heterocycles. The van der Waals surface area contributed by atoms with E-state index in [1.54, 1.807) is 0 Å². The fourth-order valence-corrected chi connectivity index (χ4v) is 9.52. The van der Waals surface area contributed by atoms with Gasteiger partial charge >= 0.3 is 0 Å². The summed E-state index contributed by atoms with van der Waals surface area (Å²) in [6.07, 6.45) is 0. The van der Waals surface area contributed by atoms with Crippen LogP contribution in [-0.4, -0.2) is 4.98 Å². The Morgan fingerprint density at radius 1 is 0.294 bits per heavy atom. The molecule has 0 N–H and O–H groups in total. The zero-order chi connectivity index (χ0) is 45.2. The summed E-state index contributed by atoms with van der Waals surface area (Å²) in [6, 6.07) is 95.1. The van der Waals surface area contributed by atoms with Crippen molar-refractivity contribution in [2.75, 3.05) is 4.90 Å². The molecule has 0 spiro atoms. The number of aromatic nitrogens is 1. The highest BCUT2D eigenvalue weighted by molar-refractivity contribution is 6.12. The lowest BCUT2D eigenvalue weighted by atomic mass is 9.93. The first-order chi connectivity index (χ1) is 33.7. The van der Waals surface area contributed by atoms with E-state index in [-0.39, 0.29) is 0 Å². The number of hydrogen-bond donors (Lipinski definition) is 0. The number of anilines is 3. The summed E-state index contributed by atoms with van der Waals surface area (Å²) in [4.78, 5) is 7.59. The lowest BCUT2D eigenvalue weighted by molar-refractivity contribution is 0.620. The molecule has 0 aliphatic rings. The van der Waals surface area contributed by atoms with Crippen LogP contribution in [0.1, 0.15) is 0 Å². The Labute approximate surface area is 396 Å². The molecule has 3 heteroatoms. The molecule has 11 aromatic carbocycles. The van der Waals surface area contributed by atoms with Crippen LogP contribution in [0.3, 0.4) is 0 Å². The molecule has 0 unspecified atom stereocenters. The number of para-hydroxylation sites is 1. The van der Waals surface area contributed by atoms with E-state index in [0.717, 1.165) is 89.0 Å². The Morgan fingerprint density at radius 3 is 1.32 bits per heavy atom. The van der Waals surface area contributed by atoms with Crippen molar-refractivity contribution in [3.63, 3.8) is 0 Å². The van der Waals surface area contributed by atoms with Gasteiger partial charge in [0.05, 0.1) is 5.69 Å². The van der Waals surface area contributed by atoms with Gasteiger partial charge in [-0.3, -0.25) is 0 Å². The number of oxazole rings is 1. The van der Waals surface area contributed by atoms with Crippen molar-refractivity contribution >= 4 is 38.9 Å². The highest BCUT2D eigenvalue weighted by atomic mass is 16.3.